The maximum absolute atomic E-state index is 15.8. The van der Waals surface area contributed by atoms with Crippen LogP contribution in [0.4, 0.5) is 22.0 Å². The van der Waals surface area contributed by atoms with Crippen LogP contribution in [0, 0.1) is 40.9 Å². The maximum Gasteiger partial charge on any atom is 0.341 e. The molecule has 2 nitrogen and oxygen atoms in total. The molecule has 2 fully saturated rings. The van der Waals surface area contributed by atoms with Gasteiger partial charge in [-0.05, 0) is 72.3 Å². The number of carboxylic acids is 1. The van der Waals surface area contributed by atoms with Crippen LogP contribution in [0.3, 0.4) is 0 Å². The number of aromatic carboxylic acids is 1. The summed E-state index contributed by atoms with van der Waals surface area (Å²) in [4.78, 5) is 11.7. The van der Waals surface area contributed by atoms with Gasteiger partial charge in [-0.15, -0.1) is 0 Å². The number of halogens is 5. The van der Waals surface area contributed by atoms with Gasteiger partial charge in [0, 0.05) is 5.56 Å². The summed E-state index contributed by atoms with van der Waals surface area (Å²) >= 11 is 0. The molecule has 0 heterocycles. The molecular weight excluding hydrogens is 475 g/mol. The van der Waals surface area contributed by atoms with E-state index in [-0.39, 0.29) is 22.6 Å². The van der Waals surface area contributed by atoms with E-state index < -0.39 is 46.0 Å². The van der Waals surface area contributed by atoms with E-state index in [9.17, 15) is 23.1 Å². The minimum Gasteiger partial charge on any atom is -0.477 e. The third kappa shape index (κ3) is 4.90. The van der Waals surface area contributed by atoms with Crippen molar-refractivity contribution in [2.24, 2.45) is 11.8 Å². The van der Waals surface area contributed by atoms with Crippen LogP contribution in [-0.2, 0) is 5.41 Å². The van der Waals surface area contributed by atoms with Gasteiger partial charge in [0.25, 0.3) is 0 Å². The predicted molar refractivity (Wildman–Crippen MR) is 128 cm³/mol. The monoisotopic (exact) mass is 508 g/mol. The Morgan fingerprint density at radius 3 is 2.06 bits per heavy atom. The van der Waals surface area contributed by atoms with Crippen LogP contribution in [-0.4, -0.2) is 11.1 Å². The van der Waals surface area contributed by atoms with Crippen LogP contribution in [0.2, 0.25) is 0 Å². The highest BCUT2D eigenvalue weighted by atomic mass is 19.2. The third-order valence-electron chi connectivity index (χ3n) is 8.58. The molecule has 0 spiro atoms. The molecule has 1 N–H and O–H groups in total. The van der Waals surface area contributed by atoms with Crippen LogP contribution >= 0.6 is 0 Å². The molecule has 0 aromatic heterocycles. The molecule has 2 saturated carbocycles. The second-order valence-corrected chi connectivity index (χ2v) is 10.6. The molecule has 4 rings (SSSR count). The van der Waals surface area contributed by atoms with Gasteiger partial charge in [-0.25, -0.2) is 26.7 Å². The summed E-state index contributed by atoms with van der Waals surface area (Å²) in [5.41, 5.74) is -2.22. The van der Waals surface area contributed by atoms with Crippen LogP contribution in [0.5, 0.6) is 0 Å². The van der Waals surface area contributed by atoms with Gasteiger partial charge in [0.1, 0.15) is 17.2 Å². The minimum absolute atomic E-state index is 0.110. The first-order valence-electron chi connectivity index (χ1n) is 13.1. The first-order valence-corrected chi connectivity index (χ1v) is 13.1. The van der Waals surface area contributed by atoms with Crippen molar-refractivity contribution in [3.05, 3.63) is 58.4 Å². The lowest BCUT2D eigenvalue weighted by Crippen LogP contribution is -2.40. The SMILES string of the molecule is CCCCC1CCC(C2(c3cc(F)c(C(=O)O)c(F)c3-c3cc(F)c(F)c(F)c3)CCCCC2)CC1. The fourth-order valence-corrected chi connectivity index (χ4v) is 6.77. The van der Waals surface area contributed by atoms with Crippen molar-refractivity contribution in [3.8, 4) is 11.1 Å². The molecule has 0 amide bonds. The second-order valence-electron chi connectivity index (χ2n) is 10.6. The largest absolute Gasteiger partial charge is 0.477 e. The quantitative estimate of drug-likeness (QED) is 0.299. The predicted octanol–water partition coefficient (Wildman–Crippen LogP) is 8.95. The molecule has 2 aromatic rings. The highest BCUT2D eigenvalue weighted by molar-refractivity contribution is 5.91. The average Bonchev–Trinajstić information content (AvgIpc) is 2.86. The molecule has 2 aromatic carbocycles. The van der Waals surface area contributed by atoms with Gasteiger partial charge in [-0.3, -0.25) is 0 Å². The number of hydrogen-bond acceptors (Lipinski definition) is 1. The Kier molecular flexibility index (Phi) is 8.06. The summed E-state index contributed by atoms with van der Waals surface area (Å²) in [5.74, 6) is -8.37. The molecule has 0 atom stereocenters. The zero-order chi connectivity index (χ0) is 26.0. The van der Waals surface area contributed by atoms with Crippen molar-refractivity contribution in [3.63, 3.8) is 0 Å². The van der Waals surface area contributed by atoms with E-state index in [1.807, 2.05) is 0 Å². The average molecular weight is 509 g/mol. The lowest BCUT2D eigenvalue weighted by atomic mass is 9.56. The maximum atomic E-state index is 15.8. The van der Waals surface area contributed by atoms with Gasteiger partial charge in [-0.2, -0.15) is 0 Å². The van der Waals surface area contributed by atoms with Crippen LogP contribution in [0.1, 0.15) is 99.9 Å². The van der Waals surface area contributed by atoms with Gasteiger partial charge in [0.2, 0.25) is 0 Å². The van der Waals surface area contributed by atoms with Crippen molar-refractivity contribution in [1.29, 1.82) is 0 Å². The van der Waals surface area contributed by atoms with Gasteiger partial charge in [-0.1, -0.05) is 58.3 Å². The summed E-state index contributed by atoms with van der Waals surface area (Å²) in [6.07, 6.45) is 11.2. The standard InChI is InChI=1S/C29H33F5O2/c1-2-3-7-17-8-10-19(11-9-17)29(12-5-4-6-13-29)20-16-21(30)25(28(35)36)27(34)24(20)18-14-22(31)26(33)23(32)15-18/h14-17,19H,2-13H2,1H3,(H,35,36). The molecule has 196 valence electrons. The number of hydrogen-bond donors (Lipinski definition) is 1. The highest BCUT2D eigenvalue weighted by Gasteiger charge is 2.45. The number of carboxylic acid groups (broad SMARTS) is 1. The van der Waals surface area contributed by atoms with E-state index in [0.29, 0.717) is 30.9 Å². The number of rotatable bonds is 7. The van der Waals surface area contributed by atoms with Crippen LogP contribution < -0.4 is 0 Å². The van der Waals surface area contributed by atoms with E-state index in [2.05, 4.69) is 6.92 Å². The fourth-order valence-electron chi connectivity index (χ4n) is 6.77. The molecular formula is C29H33F5O2. The Bertz CT molecular complexity index is 1090. The molecule has 2 aliphatic carbocycles. The molecule has 0 bridgehead atoms. The Morgan fingerprint density at radius 1 is 0.889 bits per heavy atom. The number of benzene rings is 2. The Labute approximate surface area is 208 Å². The van der Waals surface area contributed by atoms with E-state index in [1.54, 1.807) is 0 Å². The molecule has 0 aliphatic heterocycles. The van der Waals surface area contributed by atoms with Crippen LogP contribution in [0.25, 0.3) is 11.1 Å². The van der Waals surface area contributed by atoms with E-state index >= 15 is 8.78 Å². The zero-order valence-electron chi connectivity index (χ0n) is 20.6. The van der Waals surface area contributed by atoms with Crippen molar-refractivity contribution in [2.45, 2.75) is 89.4 Å². The van der Waals surface area contributed by atoms with E-state index in [0.717, 1.165) is 63.9 Å². The lowest BCUT2D eigenvalue weighted by molar-refractivity contribution is 0.0686. The lowest BCUT2D eigenvalue weighted by Gasteiger charge is -2.48. The van der Waals surface area contributed by atoms with Gasteiger partial charge >= 0.3 is 5.97 Å². The Morgan fingerprint density at radius 2 is 1.50 bits per heavy atom. The van der Waals surface area contributed by atoms with Gasteiger partial charge in [0.05, 0.1) is 0 Å². The normalized spacial score (nSPS) is 21.9. The third-order valence-corrected chi connectivity index (χ3v) is 8.58. The summed E-state index contributed by atoms with van der Waals surface area (Å²) in [6, 6.07) is 2.40. The number of unbranched alkanes of at least 4 members (excludes halogenated alkanes) is 1. The second kappa shape index (κ2) is 10.9. The van der Waals surface area contributed by atoms with Crippen molar-refractivity contribution >= 4 is 5.97 Å². The Balaban J connectivity index is 1.89. The zero-order valence-corrected chi connectivity index (χ0v) is 20.6. The van der Waals surface area contributed by atoms with Crippen molar-refractivity contribution in [1.82, 2.24) is 0 Å². The molecule has 0 radical (unpaired) electrons. The molecule has 2 aliphatic rings. The molecule has 0 saturated heterocycles. The minimum atomic E-state index is -1.81. The fraction of sp³-hybridized carbons (Fsp3) is 0.552. The molecule has 7 heteroatoms. The summed E-state index contributed by atoms with van der Waals surface area (Å²) < 4.78 is 73.2. The van der Waals surface area contributed by atoms with Gasteiger partial charge < -0.3 is 5.11 Å². The smallest absolute Gasteiger partial charge is 0.341 e. The Hall–Kier alpha value is -2.44. The van der Waals surface area contributed by atoms with E-state index in [4.69, 9.17) is 0 Å². The van der Waals surface area contributed by atoms with Crippen molar-refractivity contribution in [2.75, 3.05) is 0 Å². The highest BCUT2D eigenvalue weighted by Crippen LogP contribution is 2.54. The first kappa shape index (κ1) is 26.6. The summed E-state index contributed by atoms with van der Waals surface area (Å²) in [6.45, 7) is 2.16. The first-order chi connectivity index (χ1) is 17.2. The molecule has 0 unspecified atom stereocenters. The molecule has 36 heavy (non-hydrogen) atoms. The van der Waals surface area contributed by atoms with E-state index in [1.165, 1.54) is 6.42 Å². The number of carbonyl (C=O) groups is 1. The van der Waals surface area contributed by atoms with Crippen molar-refractivity contribution < 1.29 is 31.9 Å². The summed E-state index contributed by atoms with van der Waals surface area (Å²) in [7, 11) is 0. The summed E-state index contributed by atoms with van der Waals surface area (Å²) in [5, 5.41) is 9.50. The van der Waals surface area contributed by atoms with Gasteiger partial charge in [0.15, 0.2) is 17.5 Å². The topological polar surface area (TPSA) is 37.3 Å². The van der Waals surface area contributed by atoms with Crippen LogP contribution in [0.15, 0.2) is 18.2 Å².